The smallest absolute Gasteiger partial charge is 0.192 e. The summed E-state index contributed by atoms with van der Waals surface area (Å²) in [4.78, 5) is 20.0. The summed E-state index contributed by atoms with van der Waals surface area (Å²) in [6, 6.07) is 11.8. The summed E-state index contributed by atoms with van der Waals surface area (Å²) >= 11 is 0. The molecule has 2 N–H and O–H groups in total. The molecule has 0 saturated heterocycles. The number of ether oxygens (including phenoxy) is 1. The highest BCUT2D eigenvalue weighted by atomic mass is 16.5. The van der Waals surface area contributed by atoms with Gasteiger partial charge in [-0.2, -0.15) is 0 Å². The number of aromatic amines is 1. The zero-order valence-electron chi connectivity index (χ0n) is 13.3. The van der Waals surface area contributed by atoms with Crippen LogP contribution in [0, 0.1) is 6.92 Å². The summed E-state index contributed by atoms with van der Waals surface area (Å²) < 4.78 is 5.37. The van der Waals surface area contributed by atoms with E-state index in [0.717, 1.165) is 33.9 Å². The number of benzene rings is 1. The SMILES string of the molecule is Cc1cnccc1-c1[nH]c2c(c1Nc1ccccc1)C(=O)COC2. The van der Waals surface area contributed by atoms with Crippen LogP contribution in [0.4, 0.5) is 11.4 Å². The number of pyridine rings is 1. The van der Waals surface area contributed by atoms with Crippen LogP contribution in [0.3, 0.4) is 0 Å². The Morgan fingerprint density at radius 1 is 1.17 bits per heavy atom. The first-order chi connectivity index (χ1) is 11.7. The molecule has 0 spiro atoms. The molecule has 4 rings (SSSR count). The minimum absolute atomic E-state index is 0.0103. The molecule has 0 bridgehead atoms. The molecule has 3 aromatic rings. The van der Waals surface area contributed by atoms with E-state index in [1.54, 1.807) is 6.20 Å². The van der Waals surface area contributed by atoms with Crippen LogP contribution in [0.1, 0.15) is 21.6 Å². The van der Waals surface area contributed by atoms with Gasteiger partial charge in [0.1, 0.15) is 6.61 Å². The Labute approximate surface area is 139 Å². The molecule has 0 saturated carbocycles. The van der Waals surface area contributed by atoms with E-state index >= 15 is 0 Å². The molecule has 0 atom stereocenters. The second-order valence-corrected chi connectivity index (χ2v) is 5.83. The number of hydrogen-bond donors (Lipinski definition) is 2. The Kier molecular flexibility index (Phi) is 3.63. The molecule has 0 unspecified atom stereocenters. The Morgan fingerprint density at radius 3 is 2.79 bits per heavy atom. The second kappa shape index (κ2) is 5.94. The second-order valence-electron chi connectivity index (χ2n) is 5.83. The van der Waals surface area contributed by atoms with Gasteiger partial charge in [-0.05, 0) is 30.7 Å². The van der Waals surface area contributed by atoms with Crippen molar-refractivity contribution in [3.63, 3.8) is 0 Å². The molecule has 0 radical (unpaired) electrons. The van der Waals surface area contributed by atoms with E-state index in [0.29, 0.717) is 12.2 Å². The Bertz CT molecular complexity index is 900. The van der Waals surface area contributed by atoms with E-state index in [4.69, 9.17) is 4.74 Å². The summed E-state index contributed by atoms with van der Waals surface area (Å²) in [7, 11) is 0. The maximum absolute atomic E-state index is 12.4. The molecule has 5 nitrogen and oxygen atoms in total. The number of aromatic nitrogens is 2. The number of anilines is 2. The zero-order valence-corrected chi connectivity index (χ0v) is 13.3. The summed E-state index contributed by atoms with van der Waals surface area (Å²) in [5.41, 5.74) is 6.20. The predicted molar refractivity (Wildman–Crippen MR) is 92.5 cm³/mol. The maximum atomic E-state index is 12.4. The van der Waals surface area contributed by atoms with Crippen LogP contribution in [0.2, 0.25) is 0 Å². The summed E-state index contributed by atoms with van der Waals surface area (Å²) in [5, 5.41) is 3.41. The fourth-order valence-corrected chi connectivity index (χ4v) is 3.03. The van der Waals surface area contributed by atoms with Crippen LogP contribution >= 0.6 is 0 Å². The fraction of sp³-hybridized carbons (Fsp3) is 0.158. The number of carbonyl (C=O) groups excluding carboxylic acids is 1. The first kappa shape index (κ1) is 14.7. The van der Waals surface area contributed by atoms with Crippen molar-refractivity contribution in [1.29, 1.82) is 0 Å². The average Bonchev–Trinajstić information content (AvgIpc) is 2.96. The summed E-state index contributed by atoms with van der Waals surface area (Å²) in [6.45, 7) is 2.53. The van der Waals surface area contributed by atoms with Crippen LogP contribution < -0.4 is 5.32 Å². The molecule has 0 fully saturated rings. The number of hydrogen-bond acceptors (Lipinski definition) is 4. The van der Waals surface area contributed by atoms with Crippen molar-refractivity contribution in [3.8, 4) is 11.3 Å². The lowest BCUT2D eigenvalue weighted by molar-refractivity contribution is 0.0660. The number of carbonyl (C=O) groups is 1. The average molecular weight is 319 g/mol. The third-order valence-corrected chi connectivity index (χ3v) is 4.17. The topological polar surface area (TPSA) is 67.0 Å². The van der Waals surface area contributed by atoms with Gasteiger partial charge < -0.3 is 15.0 Å². The van der Waals surface area contributed by atoms with Gasteiger partial charge in [-0.3, -0.25) is 9.78 Å². The number of fused-ring (bicyclic) bond motifs is 1. The minimum Gasteiger partial charge on any atom is -0.367 e. The van der Waals surface area contributed by atoms with E-state index in [2.05, 4.69) is 15.3 Å². The van der Waals surface area contributed by atoms with Crippen molar-refractivity contribution in [2.75, 3.05) is 11.9 Å². The number of Topliss-reactive ketones (excluding diaryl/α,β-unsaturated/α-hetero) is 1. The van der Waals surface area contributed by atoms with Crippen molar-refractivity contribution >= 4 is 17.2 Å². The highest BCUT2D eigenvalue weighted by Crippen LogP contribution is 2.38. The summed E-state index contributed by atoms with van der Waals surface area (Å²) in [5.74, 6) is -0.0103. The van der Waals surface area contributed by atoms with E-state index < -0.39 is 0 Å². The quantitative estimate of drug-likeness (QED) is 0.769. The maximum Gasteiger partial charge on any atom is 0.192 e. The van der Waals surface area contributed by atoms with Gasteiger partial charge in [-0.15, -0.1) is 0 Å². The molecule has 1 aliphatic heterocycles. The van der Waals surface area contributed by atoms with Gasteiger partial charge >= 0.3 is 0 Å². The molecule has 120 valence electrons. The zero-order chi connectivity index (χ0) is 16.5. The highest BCUT2D eigenvalue weighted by molar-refractivity contribution is 6.07. The number of nitrogens with zero attached hydrogens (tertiary/aromatic N) is 1. The molecule has 1 aromatic carbocycles. The van der Waals surface area contributed by atoms with E-state index in [9.17, 15) is 4.79 Å². The van der Waals surface area contributed by atoms with Gasteiger partial charge in [0.2, 0.25) is 0 Å². The minimum atomic E-state index is -0.0103. The number of nitrogens with one attached hydrogen (secondary N) is 2. The lowest BCUT2D eigenvalue weighted by atomic mass is 10.0. The standard InChI is InChI=1S/C19H17N3O2/c1-12-9-20-8-7-14(12)18-19(21-13-5-3-2-4-6-13)17-15(22-18)10-24-11-16(17)23/h2-9,21-22H,10-11H2,1H3. The molecule has 1 aliphatic rings. The lowest BCUT2D eigenvalue weighted by Gasteiger charge is -2.14. The van der Waals surface area contributed by atoms with Crippen LogP contribution in [-0.4, -0.2) is 22.4 Å². The third kappa shape index (κ3) is 2.49. The van der Waals surface area contributed by atoms with Gasteiger partial charge in [0.15, 0.2) is 5.78 Å². The molecule has 2 aromatic heterocycles. The molecule has 24 heavy (non-hydrogen) atoms. The lowest BCUT2D eigenvalue weighted by Crippen LogP contribution is -2.18. The Morgan fingerprint density at radius 2 is 2.00 bits per heavy atom. The fourth-order valence-electron chi connectivity index (χ4n) is 3.03. The van der Waals surface area contributed by atoms with Gasteiger partial charge in [0.05, 0.1) is 29.2 Å². The van der Waals surface area contributed by atoms with Crippen molar-refractivity contribution in [2.24, 2.45) is 0 Å². The van der Waals surface area contributed by atoms with Gasteiger partial charge in [-0.25, -0.2) is 0 Å². The van der Waals surface area contributed by atoms with Crippen LogP contribution in [-0.2, 0) is 11.3 Å². The van der Waals surface area contributed by atoms with Crippen LogP contribution in [0.15, 0.2) is 48.8 Å². The molecular formula is C19H17N3O2. The van der Waals surface area contributed by atoms with Crippen LogP contribution in [0.5, 0.6) is 0 Å². The van der Waals surface area contributed by atoms with Crippen molar-refractivity contribution in [2.45, 2.75) is 13.5 Å². The summed E-state index contributed by atoms with van der Waals surface area (Å²) in [6.07, 6.45) is 3.58. The monoisotopic (exact) mass is 319 g/mol. The van der Waals surface area contributed by atoms with E-state index in [-0.39, 0.29) is 12.4 Å². The van der Waals surface area contributed by atoms with E-state index in [1.807, 2.05) is 49.5 Å². The number of rotatable bonds is 3. The third-order valence-electron chi connectivity index (χ3n) is 4.17. The number of para-hydroxylation sites is 1. The molecular weight excluding hydrogens is 302 g/mol. The van der Waals surface area contributed by atoms with Crippen LogP contribution in [0.25, 0.3) is 11.3 Å². The molecule has 0 aliphatic carbocycles. The predicted octanol–water partition coefficient (Wildman–Crippen LogP) is 3.84. The Balaban J connectivity index is 1.90. The van der Waals surface area contributed by atoms with Gasteiger partial charge in [0, 0.05) is 23.6 Å². The van der Waals surface area contributed by atoms with E-state index in [1.165, 1.54) is 0 Å². The number of H-pyrrole nitrogens is 1. The van der Waals surface area contributed by atoms with Gasteiger partial charge in [-0.1, -0.05) is 18.2 Å². The van der Waals surface area contributed by atoms with Crippen molar-refractivity contribution < 1.29 is 9.53 Å². The molecule has 0 amide bonds. The van der Waals surface area contributed by atoms with Crippen molar-refractivity contribution in [3.05, 3.63) is 65.6 Å². The first-order valence-electron chi connectivity index (χ1n) is 7.83. The number of aryl methyl sites for hydroxylation is 1. The molecule has 3 heterocycles. The van der Waals surface area contributed by atoms with Crippen molar-refractivity contribution in [1.82, 2.24) is 9.97 Å². The normalized spacial score (nSPS) is 13.6. The molecule has 5 heteroatoms. The van der Waals surface area contributed by atoms with Gasteiger partial charge in [0.25, 0.3) is 0 Å². The highest BCUT2D eigenvalue weighted by Gasteiger charge is 2.27. The first-order valence-corrected chi connectivity index (χ1v) is 7.83. The Hall–Kier alpha value is -2.92. The largest absolute Gasteiger partial charge is 0.367 e. The number of ketones is 1.